The average molecular weight is 236 g/mol. The van der Waals surface area contributed by atoms with Gasteiger partial charge in [-0.1, -0.05) is 29.8 Å². The van der Waals surface area contributed by atoms with Gasteiger partial charge in [0.2, 0.25) is 0 Å². The van der Waals surface area contributed by atoms with Crippen LogP contribution in [-0.2, 0) is 10.2 Å². The summed E-state index contributed by atoms with van der Waals surface area (Å²) in [5.41, 5.74) is 0.917. The molecule has 1 rings (SSSR count). The second-order valence-corrected chi connectivity index (χ2v) is 4.89. The highest BCUT2D eigenvalue weighted by molar-refractivity contribution is 5.80. The van der Waals surface area contributed by atoms with Crippen LogP contribution < -0.4 is 0 Å². The molecule has 0 spiro atoms. The van der Waals surface area contributed by atoms with E-state index in [-0.39, 0.29) is 0 Å². The molecular weight excluding hydrogens is 216 g/mol. The number of rotatable bonds is 5. The van der Waals surface area contributed by atoms with E-state index in [4.69, 9.17) is 0 Å². The molecule has 0 heterocycles. The van der Waals surface area contributed by atoms with Crippen molar-refractivity contribution in [3.8, 4) is 0 Å². The van der Waals surface area contributed by atoms with Crippen molar-refractivity contribution in [2.45, 2.75) is 45.1 Å². The zero-order chi connectivity index (χ0) is 13.1. The Morgan fingerprint density at radius 3 is 2.59 bits per heavy atom. The van der Waals surface area contributed by atoms with Crippen LogP contribution in [0.4, 0.5) is 0 Å². The Kier molecular flexibility index (Phi) is 4.29. The van der Waals surface area contributed by atoms with Gasteiger partial charge >= 0.3 is 5.97 Å². The first-order valence-corrected chi connectivity index (χ1v) is 5.85. The summed E-state index contributed by atoms with van der Waals surface area (Å²) < 4.78 is 0. The quantitative estimate of drug-likeness (QED) is 0.825. The second-order valence-electron chi connectivity index (χ2n) is 4.89. The molecule has 0 radical (unpaired) electrons. The van der Waals surface area contributed by atoms with Gasteiger partial charge in [-0.15, -0.1) is 0 Å². The molecule has 0 fully saturated rings. The predicted molar refractivity (Wildman–Crippen MR) is 67.1 cm³/mol. The van der Waals surface area contributed by atoms with Crippen LogP contribution in [-0.4, -0.2) is 22.3 Å². The molecule has 2 unspecified atom stereocenters. The molecule has 2 atom stereocenters. The Hall–Kier alpha value is -1.35. The highest BCUT2D eigenvalue weighted by Gasteiger charge is 2.35. The lowest BCUT2D eigenvalue weighted by Crippen LogP contribution is -2.33. The summed E-state index contributed by atoms with van der Waals surface area (Å²) in [6, 6.07) is 7.55. The summed E-state index contributed by atoms with van der Waals surface area (Å²) in [4.78, 5) is 11.5. The van der Waals surface area contributed by atoms with E-state index < -0.39 is 17.5 Å². The van der Waals surface area contributed by atoms with E-state index in [0.29, 0.717) is 12.8 Å². The first kappa shape index (κ1) is 13.7. The molecule has 0 saturated heterocycles. The van der Waals surface area contributed by atoms with Gasteiger partial charge in [0.1, 0.15) is 0 Å². The van der Waals surface area contributed by atoms with E-state index in [2.05, 4.69) is 0 Å². The lowest BCUT2D eigenvalue weighted by molar-refractivity contribution is -0.143. The van der Waals surface area contributed by atoms with E-state index in [1.807, 2.05) is 31.2 Å². The van der Waals surface area contributed by atoms with Crippen molar-refractivity contribution in [2.75, 3.05) is 0 Å². The van der Waals surface area contributed by atoms with Crippen LogP contribution in [0.3, 0.4) is 0 Å². The molecule has 17 heavy (non-hydrogen) atoms. The average Bonchev–Trinajstić information content (AvgIpc) is 2.25. The highest BCUT2D eigenvalue weighted by Crippen LogP contribution is 2.30. The van der Waals surface area contributed by atoms with E-state index in [1.165, 1.54) is 0 Å². The first-order valence-electron chi connectivity index (χ1n) is 5.85. The van der Waals surface area contributed by atoms with Gasteiger partial charge in [-0.25, -0.2) is 0 Å². The molecule has 0 aliphatic carbocycles. The monoisotopic (exact) mass is 236 g/mol. The fourth-order valence-corrected chi connectivity index (χ4v) is 1.86. The van der Waals surface area contributed by atoms with Gasteiger partial charge in [0.25, 0.3) is 0 Å². The van der Waals surface area contributed by atoms with Crippen LogP contribution in [0, 0.1) is 6.92 Å². The maximum Gasteiger partial charge on any atom is 0.313 e. The maximum absolute atomic E-state index is 11.5. The van der Waals surface area contributed by atoms with Crippen molar-refractivity contribution < 1.29 is 15.0 Å². The summed E-state index contributed by atoms with van der Waals surface area (Å²) in [7, 11) is 0. The van der Waals surface area contributed by atoms with Crippen molar-refractivity contribution in [2.24, 2.45) is 0 Å². The molecule has 2 N–H and O–H groups in total. The molecule has 0 amide bonds. The number of carbonyl (C=O) groups is 1. The number of aliphatic carboxylic acids is 1. The molecule has 0 aromatic heterocycles. The highest BCUT2D eigenvalue weighted by atomic mass is 16.4. The minimum absolute atomic E-state index is 0.434. The molecule has 1 aromatic rings. The number of hydrogen-bond acceptors (Lipinski definition) is 2. The third kappa shape index (κ3) is 3.30. The Bertz CT molecular complexity index is 398. The Balaban J connectivity index is 3.03. The van der Waals surface area contributed by atoms with Crippen LogP contribution in [0.25, 0.3) is 0 Å². The topological polar surface area (TPSA) is 57.5 Å². The van der Waals surface area contributed by atoms with Gasteiger partial charge in [0.15, 0.2) is 0 Å². The van der Waals surface area contributed by atoms with E-state index in [1.54, 1.807) is 13.8 Å². The molecular formula is C14H20O3. The third-order valence-electron chi connectivity index (χ3n) is 3.19. The van der Waals surface area contributed by atoms with Gasteiger partial charge in [-0.2, -0.15) is 0 Å². The SMILES string of the molecule is Cc1cccc(C(C)(CCC(C)O)C(=O)O)c1. The van der Waals surface area contributed by atoms with Crippen molar-refractivity contribution in [1.29, 1.82) is 0 Å². The van der Waals surface area contributed by atoms with Crippen molar-refractivity contribution in [1.82, 2.24) is 0 Å². The zero-order valence-corrected chi connectivity index (χ0v) is 10.6. The fraction of sp³-hybridized carbons (Fsp3) is 0.500. The third-order valence-corrected chi connectivity index (χ3v) is 3.19. The Labute approximate surface area is 102 Å². The number of carboxylic acids is 1. The molecule has 94 valence electrons. The number of benzene rings is 1. The molecule has 0 aliphatic heterocycles. The van der Waals surface area contributed by atoms with Crippen LogP contribution in [0.15, 0.2) is 24.3 Å². The van der Waals surface area contributed by atoms with Gasteiger partial charge < -0.3 is 10.2 Å². The largest absolute Gasteiger partial charge is 0.481 e. The first-order chi connectivity index (χ1) is 7.86. The van der Waals surface area contributed by atoms with Crippen molar-refractivity contribution in [3.05, 3.63) is 35.4 Å². The van der Waals surface area contributed by atoms with Crippen LogP contribution in [0.1, 0.15) is 37.8 Å². The summed E-state index contributed by atoms with van der Waals surface area (Å²) in [6.45, 7) is 5.34. The molecule has 1 aromatic carbocycles. The van der Waals surface area contributed by atoms with E-state index in [0.717, 1.165) is 11.1 Å². The minimum Gasteiger partial charge on any atom is -0.481 e. The summed E-state index contributed by atoms with van der Waals surface area (Å²) >= 11 is 0. The predicted octanol–water partition coefficient (Wildman–Crippen LogP) is 2.50. The standard InChI is InChI=1S/C14H20O3/c1-10-5-4-6-12(9-10)14(3,13(16)17)8-7-11(2)15/h4-6,9,11,15H,7-8H2,1-3H3,(H,16,17). The number of carboxylic acid groups (broad SMARTS) is 1. The minimum atomic E-state index is -0.928. The molecule has 0 aliphatic rings. The van der Waals surface area contributed by atoms with Gasteiger partial charge in [0.05, 0.1) is 11.5 Å². The normalized spacial score (nSPS) is 16.2. The number of aryl methyl sites for hydroxylation is 1. The fourth-order valence-electron chi connectivity index (χ4n) is 1.86. The van der Waals surface area contributed by atoms with Crippen LogP contribution in [0.2, 0.25) is 0 Å². The lowest BCUT2D eigenvalue weighted by atomic mass is 9.77. The smallest absolute Gasteiger partial charge is 0.313 e. The van der Waals surface area contributed by atoms with Crippen LogP contribution >= 0.6 is 0 Å². The zero-order valence-electron chi connectivity index (χ0n) is 10.6. The van der Waals surface area contributed by atoms with Crippen molar-refractivity contribution in [3.63, 3.8) is 0 Å². The lowest BCUT2D eigenvalue weighted by Gasteiger charge is -2.26. The van der Waals surface area contributed by atoms with Crippen LogP contribution in [0.5, 0.6) is 0 Å². The summed E-state index contributed by atoms with van der Waals surface area (Å²) in [5, 5.41) is 18.7. The van der Waals surface area contributed by atoms with Gasteiger partial charge in [0, 0.05) is 0 Å². The summed E-state index contributed by atoms with van der Waals surface area (Å²) in [5.74, 6) is -0.844. The Morgan fingerprint density at radius 2 is 2.12 bits per heavy atom. The molecule has 3 nitrogen and oxygen atoms in total. The van der Waals surface area contributed by atoms with E-state index >= 15 is 0 Å². The van der Waals surface area contributed by atoms with E-state index in [9.17, 15) is 15.0 Å². The second kappa shape index (κ2) is 5.32. The maximum atomic E-state index is 11.5. The van der Waals surface area contributed by atoms with Gasteiger partial charge in [-0.05, 0) is 39.2 Å². The number of hydrogen-bond donors (Lipinski definition) is 2. The summed E-state index contributed by atoms with van der Waals surface area (Å²) in [6.07, 6.45) is 0.443. The van der Waals surface area contributed by atoms with Gasteiger partial charge in [-0.3, -0.25) is 4.79 Å². The Morgan fingerprint density at radius 1 is 1.47 bits per heavy atom. The molecule has 0 saturated carbocycles. The number of aliphatic hydroxyl groups is 1. The number of aliphatic hydroxyl groups excluding tert-OH is 1. The molecule has 3 heteroatoms. The van der Waals surface area contributed by atoms with Crippen molar-refractivity contribution >= 4 is 5.97 Å². The molecule has 0 bridgehead atoms.